The lowest BCUT2D eigenvalue weighted by Crippen LogP contribution is -2.42. The molecule has 19 heavy (non-hydrogen) atoms. The van der Waals surface area contributed by atoms with Crippen molar-refractivity contribution in [3.63, 3.8) is 0 Å². The number of benzene rings is 1. The second kappa shape index (κ2) is 6.24. The summed E-state index contributed by atoms with van der Waals surface area (Å²) in [6.45, 7) is 8.72. The highest BCUT2D eigenvalue weighted by molar-refractivity contribution is 8.24. The van der Waals surface area contributed by atoms with E-state index in [4.69, 9.17) is 0 Å². The van der Waals surface area contributed by atoms with Gasteiger partial charge in [-0.15, -0.1) is 0 Å². The van der Waals surface area contributed by atoms with Crippen LogP contribution in [-0.4, -0.2) is 45.4 Å². The first-order valence-corrected chi connectivity index (χ1v) is 8.40. The summed E-state index contributed by atoms with van der Waals surface area (Å²) in [6.07, 6.45) is 0. The molecule has 108 valence electrons. The average molecular weight is 284 g/mol. The third-order valence-electron chi connectivity index (χ3n) is 3.52. The van der Waals surface area contributed by atoms with Crippen LogP contribution in [0.5, 0.6) is 0 Å². The third-order valence-corrected chi connectivity index (χ3v) is 5.78. The molecule has 0 atom stereocenters. The van der Waals surface area contributed by atoms with Crippen LogP contribution in [0.2, 0.25) is 0 Å². The van der Waals surface area contributed by atoms with Gasteiger partial charge >= 0.3 is 0 Å². The highest BCUT2D eigenvalue weighted by Crippen LogP contribution is 2.52. The van der Waals surface area contributed by atoms with Crippen molar-refractivity contribution in [2.45, 2.75) is 30.5 Å². The Morgan fingerprint density at radius 1 is 1.26 bits per heavy atom. The molecule has 5 heteroatoms. The topological polar surface area (TPSA) is 55.7 Å². The second-order valence-corrected chi connectivity index (χ2v) is 7.92. The Kier molecular flexibility index (Phi) is 4.86. The summed E-state index contributed by atoms with van der Waals surface area (Å²) in [5.74, 6) is 0. The quantitative estimate of drug-likeness (QED) is 0.795. The highest BCUT2D eigenvalue weighted by Gasteiger charge is 2.20. The lowest BCUT2D eigenvalue weighted by atomic mass is 10.2. The van der Waals surface area contributed by atoms with Crippen molar-refractivity contribution < 1.29 is 9.11 Å². The third kappa shape index (κ3) is 3.70. The van der Waals surface area contributed by atoms with E-state index >= 15 is 0 Å². The van der Waals surface area contributed by atoms with Gasteiger partial charge in [0.25, 0.3) is 0 Å². The zero-order valence-corrected chi connectivity index (χ0v) is 12.5. The Balaban J connectivity index is 2.10. The maximum atomic E-state index is 10.2. The first-order valence-electron chi connectivity index (χ1n) is 6.79. The Hall–Kier alpha value is -0.590. The molecule has 1 heterocycles. The minimum absolute atomic E-state index is 0.151. The van der Waals surface area contributed by atoms with Gasteiger partial charge in [-0.25, -0.2) is 0 Å². The maximum absolute atomic E-state index is 10.2. The minimum Gasteiger partial charge on any atom is -0.314 e. The summed E-state index contributed by atoms with van der Waals surface area (Å²) < 4.78 is 20.4. The van der Waals surface area contributed by atoms with Crippen LogP contribution in [0.1, 0.15) is 19.4 Å². The van der Waals surface area contributed by atoms with E-state index in [1.54, 1.807) is 0 Å². The SMILES string of the molecule is CC(C)S(O)(O)c1cccc(CN2CCNCC2)c1. The van der Waals surface area contributed by atoms with E-state index in [-0.39, 0.29) is 5.25 Å². The van der Waals surface area contributed by atoms with E-state index in [9.17, 15) is 9.11 Å². The molecule has 1 aromatic carbocycles. The number of hydrogen-bond acceptors (Lipinski definition) is 4. The monoisotopic (exact) mass is 284 g/mol. The first kappa shape index (κ1) is 14.8. The average Bonchev–Trinajstić information content (AvgIpc) is 2.40. The van der Waals surface area contributed by atoms with Crippen LogP contribution in [0.3, 0.4) is 0 Å². The Morgan fingerprint density at radius 3 is 2.58 bits per heavy atom. The highest BCUT2D eigenvalue weighted by atomic mass is 32.3. The van der Waals surface area contributed by atoms with E-state index in [0.29, 0.717) is 4.90 Å². The summed E-state index contributed by atoms with van der Waals surface area (Å²) in [6, 6.07) is 7.73. The van der Waals surface area contributed by atoms with Crippen LogP contribution in [0.15, 0.2) is 29.2 Å². The Labute approximate surface area is 117 Å². The molecule has 0 unspecified atom stereocenters. The first-order chi connectivity index (χ1) is 9.00. The van der Waals surface area contributed by atoms with Gasteiger partial charge in [-0.3, -0.25) is 14.0 Å². The molecular formula is C14H24N2O2S. The molecule has 0 aromatic heterocycles. The van der Waals surface area contributed by atoms with Gasteiger partial charge in [-0.2, -0.15) is 10.6 Å². The lowest BCUT2D eigenvalue weighted by Gasteiger charge is -2.37. The predicted molar refractivity (Wildman–Crippen MR) is 80.8 cm³/mol. The van der Waals surface area contributed by atoms with E-state index in [0.717, 1.165) is 38.3 Å². The van der Waals surface area contributed by atoms with Gasteiger partial charge in [-0.1, -0.05) is 12.1 Å². The van der Waals surface area contributed by atoms with E-state index < -0.39 is 10.6 Å². The van der Waals surface area contributed by atoms with Gasteiger partial charge in [0.2, 0.25) is 0 Å². The van der Waals surface area contributed by atoms with E-state index in [1.807, 2.05) is 32.0 Å². The molecule has 1 aliphatic heterocycles. The molecule has 1 saturated heterocycles. The molecule has 4 nitrogen and oxygen atoms in total. The summed E-state index contributed by atoms with van der Waals surface area (Å²) in [5, 5.41) is 3.18. The summed E-state index contributed by atoms with van der Waals surface area (Å²) in [7, 11) is -2.67. The number of piperazine rings is 1. The molecular weight excluding hydrogens is 260 g/mol. The Morgan fingerprint density at radius 2 is 1.95 bits per heavy atom. The fourth-order valence-corrected chi connectivity index (χ4v) is 3.38. The lowest BCUT2D eigenvalue weighted by molar-refractivity contribution is 0.233. The van der Waals surface area contributed by atoms with Gasteiger partial charge in [0.15, 0.2) is 0 Å². The molecule has 0 radical (unpaired) electrons. The van der Waals surface area contributed by atoms with Crippen molar-refractivity contribution in [2.75, 3.05) is 26.2 Å². The van der Waals surface area contributed by atoms with Gasteiger partial charge < -0.3 is 5.32 Å². The predicted octanol–water partition coefficient (Wildman–Crippen LogP) is 2.61. The van der Waals surface area contributed by atoms with Gasteiger partial charge in [-0.05, 0) is 31.5 Å². The molecule has 1 aliphatic rings. The largest absolute Gasteiger partial charge is 0.314 e. The molecule has 1 aromatic rings. The van der Waals surface area contributed by atoms with Crippen molar-refractivity contribution in [3.8, 4) is 0 Å². The summed E-state index contributed by atoms with van der Waals surface area (Å²) >= 11 is 0. The Bertz CT molecular complexity index is 418. The van der Waals surface area contributed by atoms with Crippen LogP contribution in [0.4, 0.5) is 0 Å². The summed E-state index contributed by atoms with van der Waals surface area (Å²) in [4.78, 5) is 3.05. The molecule has 0 aliphatic carbocycles. The molecule has 0 spiro atoms. The van der Waals surface area contributed by atoms with E-state index in [2.05, 4.69) is 16.3 Å². The summed E-state index contributed by atoms with van der Waals surface area (Å²) in [5.41, 5.74) is 1.15. The van der Waals surface area contributed by atoms with Crippen LogP contribution in [0.25, 0.3) is 0 Å². The fourth-order valence-electron chi connectivity index (χ4n) is 2.23. The molecule has 1 fully saturated rings. The second-order valence-electron chi connectivity index (χ2n) is 5.32. The van der Waals surface area contributed by atoms with Gasteiger partial charge in [0.1, 0.15) is 0 Å². The van der Waals surface area contributed by atoms with Crippen LogP contribution in [-0.2, 0) is 6.54 Å². The number of hydrogen-bond donors (Lipinski definition) is 3. The molecule has 0 saturated carbocycles. The molecule has 0 amide bonds. The molecule has 3 N–H and O–H groups in total. The smallest absolute Gasteiger partial charge is 0.0589 e. The normalized spacial score (nSPS) is 18.8. The zero-order chi connectivity index (χ0) is 13.9. The number of nitrogens with zero attached hydrogens (tertiary/aromatic N) is 1. The van der Waals surface area contributed by atoms with Gasteiger partial charge in [0, 0.05) is 38.0 Å². The molecule has 0 bridgehead atoms. The van der Waals surface area contributed by atoms with Crippen LogP contribution in [0, 0.1) is 0 Å². The minimum atomic E-state index is -2.67. The molecule has 2 rings (SSSR count). The van der Waals surface area contributed by atoms with Crippen molar-refractivity contribution >= 4 is 10.6 Å². The van der Waals surface area contributed by atoms with Crippen molar-refractivity contribution in [3.05, 3.63) is 29.8 Å². The van der Waals surface area contributed by atoms with Crippen molar-refractivity contribution in [2.24, 2.45) is 0 Å². The maximum Gasteiger partial charge on any atom is 0.0589 e. The fraction of sp³-hybridized carbons (Fsp3) is 0.571. The zero-order valence-electron chi connectivity index (χ0n) is 11.7. The van der Waals surface area contributed by atoms with E-state index in [1.165, 1.54) is 0 Å². The van der Waals surface area contributed by atoms with Crippen LogP contribution < -0.4 is 5.32 Å². The van der Waals surface area contributed by atoms with Crippen molar-refractivity contribution in [1.82, 2.24) is 10.2 Å². The van der Waals surface area contributed by atoms with Crippen LogP contribution >= 0.6 is 10.6 Å². The number of rotatable bonds is 4. The van der Waals surface area contributed by atoms with Crippen molar-refractivity contribution in [1.29, 1.82) is 0 Å². The van der Waals surface area contributed by atoms with Gasteiger partial charge in [0.05, 0.1) is 4.90 Å². The number of nitrogens with one attached hydrogen (secondary N) is 1. The standard InChI is InChI=1S/C14H24N2O2S/c1-12(2)19(17,18)14-5-3-4-13(10-14)11-16-8-6-15-7-9-16/h3-5,10,12,15,17-18H,6-9,11H2,1-2H3.